The molecule has 0 saturated carbocycles. The maximum Gasteiger partial charge on any atom is 0.249 e. The Bertz CT molecular complexity index is 776. The summed E-state index contributed by atoms with van der Waals surface area (Å²) in [7, 11) is 1.57. The Balaban J connectivity index is 2.23. The number of carbonyl (C=O) groups is 2. The van der Waals surface area contributed by atoms with Gasteiger partial charge in [-0.2, -0.15) is 0 Å². The molecule has 27 heavy (non-hydrogen) atoms. The second kappa shape index (κ2) is 9.51. The zero-order chi connectivity index (χ0) is 20.0. The summed E-state index contributed by atoms with van der Waals surface area (Å²) in [4.78, 5) is 26.7. The number of amides is 2. The van der Waals surface area contributed by atoms with Gasteiger partial charge in [-0.05, 0) is 23.6 Å². The Morgan fingerprint density at radius 3 is 2.37 bits per heavy atom. The molecule has 0 saturated heterocycles. The van der Waals surface area contributed by atoms with E-state index in [1.165, 1.54) is 17.0 Å². The predicted molar refractivity (Wildman–Crippen MR) is 105 cm³/mol. The van der Waals surface area contributed by atoms with Crippen molar-refractivity contribution in [2.24, 2.45) is 5.92 Å². The molecule has 6 heteroatoms. The predicted octanol–water partition coefficient (Wildman–Crippen LogP) is 4.34. The van der Waals surface area contributed by atoms with Crippen LogP contribution in [-0.4, -0.2) is 23.8 Å². The van der Waals surface area contributed by atoms with E-state index in [0.29, 0.717) is 12.0 Å². The molecule has 1 unspecified atom stereocenters. The van der Waals surface area contributed by atoms with Crippen molar-refractivity contribution >= 4 is 23.4 Å². The van der Waals surface area contributed by atoms with Gasteiger partial charge in [0.15, 0.2) is 0 Å². The molecule has 2 rings (SSSR count). The van der Waals surface area contributed by atoms with Gasteiger partial charge < -0.3 is 10.2 Å². The second-order valence-electron chi connectivity index (χ2n) is 6.90. The van der Waals surface area contributed by atoms with Crippen molar-refractivity contribution in [3.05, 3.63) is 70.5 Å². The Morgan fingerprint density at radius 2 is 1.78 bits per heavy atom. The van der Waals surface area contributed by atoms with Gasteiger partial charge in [-0.15, -0.1) is 0 Å². The second-order valence-corrected chi connectivity index (χ2v) is 7.31. The summed E-state index contributed by atoms with van der Waals surface area (Å²) in [6.45, 7) is 3.88. The molecule has 2 aromatic rings. The molecular weight excluding hydrogens is 367 g/mol. The van der Waals surface area contributed by atoms with Gasteiger partial charge >= 0.3 is 0 Å². The van der Waals surface area contributed by atoms with Gasteiger partial charge in [0, 0.05) is 30.6 Å². The van der Waals surface area contributed by atoms with Crippen LogP contribution in [0.3, 0.4) is 0 Å². The Kier molecular flexibility index (Phi) is 7.36. The summed E-state index contributed by atoms with van der Waals surface area (Å²) in [6, 6.07) is 12.6. The van der Waals surface area contributed by atoms with E-state index in [4.69, 9.17) is 11.6 Å². The number of hydrogen-bond donors (Lipinski definition) is 1. The van der Waals surface area contributed by atoms with E-state index in [2.05, 4.69) is 5.32 Å². The SMILES string of the molecule is CC(C)CC(=O)NC(C(=O)N(C)Cc1c(F)cccc1Cl)c1ccccc1. The lowest BCUT2D eigenvalue weighted by Crippen LogP contribution is -2.41. The highest BCUT2D eigenvalue weighted by Crippen LogP contribution is 2.22. The minimum atomic E-state index is -0.840. The fourth-order valence-corrected chi connectivity index (χ4v) is 2.97. The number of nitrogens with one attached hydrogen (secondary N) is 1. The van der Waals surface area contributed by atoms with E-state index < -0.39 is 11.9 Å². The van der Waals surface area contributed by atoms with Gasteiger partial charge in [0.05, 0.1) is 0 Å². The molecule has 0 aliphatic heterocycles. The standard InChI is InChI=1S/C21H24ClFN2O2/c1-14(2)12-19(26)24-20(15-8-5-4-6-9-15)21(27)25(3)13-16-17(22)10-7-11-18(16)23/h4-11,14,20H,12-13H2,1-3H3,(H,24,26). The van der Waals surface area contributed by atoms with Crippen LogP contribution in [0.15, 0.2) is 48.5 Å². The quantitative estimate of drug-likeness (QED) is 0.764. The molecule has 0 fully saturated rings. The average Bonchev–Trinajstić information content (AvgIpc) is 2.62. The molecule has 2 aromatic carbocycles. The summed E-state index contributed by atoms with van der Waals surface area (Å²) in [6.07, 6.45) is 0.319. The molecule has 0 aliphatic carbocycles. The molecule has 0 bridgehead atoms. The number of likely N-dealkylation sites (N-methyl/N-ethyl adjacent to an activating group) is 1. The van der Waals surface area contributed by atoms with Crippen LogP contribution in [0.2, 0.25) is 5.02 Å². The van der Waals surface area contributed by atoms with Crippen molar-refractivity contribution in [3.8, 4) is 0 Å². The van der Waals surface area contributed by atoms with Crippen molar-refractivity contribution in [3.63, 3.8) is 0 Å². The maximum atomic E-state index is 14.1. The van der Waals surface area contributed by atoms with E-state index >= 15 is 0 Å². The average molecular weight is 391 g/mol. The third kappa shape index (κ3) is 5.79. The van der Waals surface area contributed by atoms with Crippen LogP contribution >= 0.6 is 11.6 Å². The number of benzene rings is 2. The summed E-state index contributed by atoms with van der Waals surface area (Å²) in [5.41, 5.74) is 0.918. The Labute approximate surface area is 164 Å². The molecule has 4 nitrogen and oxygen atoms in total. The highest BCUT2D eigenvalue weighted by Gasteiger charge is 2.26. The number of nitrogens with zero attached hydrogens (tertiary/aromatic N) is 1. The van der Waals surface area contributed by atoms with Crippen LogP contribution in [-0.2, 0) is 16.1 Å². The van der Waals surface area contributed by atoms with Crippen molar-refractivity contribution in [1.82, 2.24) is 10.2 Å². The fraction of sp³-hybridized carbons (Fsp3) is 0.333. The third-order valence-corrected chi connectivity index (χ3v) is 4.47. The lowest BCUT2D eigenvalue weighted by atomic mass is 10.0. The summed E-state index contributed by atoms with van der Waals surface area (Å²) in [5.74, 6) is -0.837. The minimum Gasteiger partial charge on any atom is -0.341 e. The topological polar surface area (TPSA) is 49.4 Å². The first-order valence-electron chi connectivity index (χ1n) is 8.81. The molecule has 0 aliphatic rings. The van der Waals surface area contributed by atoms with Gasteiger partial charge in [-0.3, -0.25) is 9.59 Å². The number of halogens is 2. The molecule has 0 aromatic heterocycles. The molecule has 144 valence electrons. The first kappa shape index (κ1) is 20.9. The maximum absolute atomic E-state index is 14.1. The zero-order valence-corrected chi connectivity index (χ0v) is 16.5. The number of rotatable bonds is 7. The van der Waals surface area contributed by atoms with Gasteiger partial charge in [-0.1, -0.05) is 61.8 Å². The minimum absolute atomic E-state index is 0.00766. The van der Waals surface area contributed by atoms with E-state index in [1.54, 1.807) is 37.4 Å². The van der Waals surface area contributed by atoms with E-state index in [1.807, 2.05) is 19.9 Å². The summed E-state index contributed by atoms with van der Waals surface area (Å²) < 4.78 is 14.1. The van der Waals surface area contributed by atoms with Crippen LogP contribution in [0.25, 0.3) is 0 Å². The normalized spacial score (nSPS) is 11.9. The number of hydrogen-bond acceptors (Lipinski definition) is 2. The van der Waals surface area contributed by atoms with Crippen LogP contribution in [0.5, 0.6) is 0 Å². The summed E-state index contributed by atoms with van der Waals surface area (Å²) in [5, 5.41) is 3.06. The smallest absolute Gasteiger partial charge is 0.249 e. The van der Waals surface area contributed by atoms with E-state index in [0.717, 1.165) is 0 Å². The Hall–Kier alpha value is -2.40. The molecule has 2 amide bonds. The summed E-state index contributed by atoms with van der Waals surface area (Å²) >= 11 is 6.07. The molecule has 0 radical (unpaired) electrons. The van der Waals surface area contributed by atoms with Gasteiger partial charge in [-0.25, -0.2) is 4.39 Å². The molecule has 0 heterocycles. The largest absolute Gasteiger partial charge is 0.341 e. The molecule has 1 atom stereocenters. The molecule has 0 spiro atoms. The molecule has 1 N–H and O–H groups in total. The molecular formula is C21H24ClFN2O2. The van der Waals surface area contributed by atoms with Crippen LogP contribution in [0, 0.1) is 11.7 Å². The third-order valence-electron chi connectivity index (χ3n) is 4.11. The highest BCUT2D eigenvalue weighted by molar-refractivity contribution is 6.31. The van der Waals surface area contributed by atoms with Gasteiger partial charge in [0.2, 0.25) is 11.8 Å². The van der Waals surface area contributed by atoms with Crippen molar-refractivity contribution in [2.45, 2.75) is 32.9 Å². The van der Waals surface area contributed by atoms with E-state index in [9.17, 15) is 14.0 Å². The highest BCUT2D eigenvalue weighted by atomic mass is 35.5. The lowest BCUT2D eigenvalue weighted by Gasteiger charge is -2.26. The van der Waals surface area contributed by atoms with Crippen molar-refractivity contribution in [1.29, 1.82) is 0 Å². The number of carbonyl (C=O) groups excluding carboxylic acids is 2. The van der Waals surface area contributed by atoms with Crippen molar-refractivity contribution in [2.75, 3.05) is 7.05 Å². The van der Waals surface area contributed by atoms with Crippen molar-refractivity contribution < 1.29 is 14.0 Å². The fourth-order valence-electron chi connectivity index (χ4n) is 2.74. The first-order chi connectivity index (χ1) is 12.8. The van der Waals surface area contributed by atoms with Gasteiger partial charge in [0.1, 0.15) is 11.9 Å². The Morgan fingerprint density at radius 1 is 1.11 bits per heavy atom. The lowest BCUT2D eigenvalue weighted by molar-refractivity contribution is -0.136. The monoisotopic (exact) mass is 390 g/mol. The van der Waals surface area contributed by atoms with Gasteiger partial charge in [0.25, 0.3) is 0 Å². The van der Waals surface area contributed by atoms with Crippen LogP contribution in [0.4, 0.5) is 4.39 Å². The van der Waals surface area contributed by atoms with Crippen LogP contribution in [0.1, 0.15) is 37.4 Å². The van der Waals surface area contributed by atoms with E-state index in [-0.39, 0.29) is 34.9 Å². The van der Waals surface area contributed by atoms with Crippen LogP contribution < -0.4 is 5.32 Å². The zero-order valence-electron chi connectivity index (χ0n) is 15.7. The first-order valence-corrected chi connectivity index (χ1v) is 9.19.